The Labute approximate surface area is 389 Å². The van der Waals surface area contributed by atoms with Crippen molar-refractivity contribution in [2.45, 2.75) is 0 Å². The van der Waals surface area contributed by atoms with E-state index in [0.717, 1.165) is 75.7 Å². The number of benzene rings is 11. The molecule has 11 aromatic carbocycles. The lowest BCUT2D eigenvalue weighted by atomic mass is 9.99. The van der Waals surface area contributed by atoms with Gasteiger partial charge in [0.1, 0.15) is 10.0 Å². The smallest absolute Gasteiger partial charge is 0.124 e. The minimum absolute atomic E-state index is 1.00. The van der Waals surface area contributed by atoms with Crippen molar-refractivity contribution in [2.75, 3.05) is 9.80 Å². The summed E-state index contributed by atoms with van der Waals surface area (Å²) in [5.74, 6) is 0. The van der Waals surface area contributed by atoms with Crippen LogP contribution in [0.2, 0.25) is 0 Å². The Morgan fingerprint density at radius 2 is 0.682 bits per heavy atom. The molecule has 0 amide bonds. The second kappa shape index (κ2) is 15.8. The van der Waals surface area contributed by atoms with Crippen LogP contribution >= 0.6 is 22.7 Å². The van der Waals surface area contributed by atoms with Crippen molar-refractivity contribution in [2.24, 2.45) is 0 Å². The zero-order valence-electron chi connectivity index (χ0n) is 35.5. The van der Waals surface area contributed by atoms with Gasteiger partial charge in [0.15, 0.2) is 0 Å². The summed E-state index contributed by atoms with van der Waals surface area (Å²) in [6.45, 7) is 0. The van der Waals surface area contributed by atoms with Crippen molar-refractivity contribution >= 4 is 120 Å². The molecule has 13 aromatic rings. The molecule has 0 aliphatic heterocycles. The van der Waals surface area contributed by atoms with Crippen molar-refractivity contribution in [1.82, 2.24) is 9.97 Å². The monoisotopic (exact) mass is 878 g/mol. The highest BCUT2D eigenvalue weighted by Gasteiger charge is 2.20. The average Bonchev–Trinajstić information content (AvgIpc) is 4.02. The molecule has 310 valence electrons. The molecule has 0 N–H and O–H groups in total. The summed E-state index contributed by atoms with van der Waals surface area (Å²) < 4.78 is 2.31. The molecule has 0 saturated carbocycles. The van der Waals surface area contributed by atoms with Crippen LogP contribution in [0.3, 0.4) is 0 Å². The number of thiazole rings is 2. The Morgan fingerprint density at radius 3 is 1.15 bits per heavy atom. The number of aromatic nitrogens is 2. The van der Waals surface area contributed by atoms with Crippen LogP contribution in [0.1, 0.15) is 0 Å². The molecular formula is C60H38N4S2. The lowest BCUT2D eigenvalue weighted by Gasteiger charge is -2.28. The summed E-state index contributed by atoms with van der Waals surface area (Å²) in [6, 6.07) is 83.1. The summed E-state index contributed by atoms with van der Waals surface area (Å²) in [5.41, 5.74) is 10.9. The number of nitrogens with zero attached hydrogens (tertiary/aromatic N) is 4. The molecule has 13 rings (SSSR count). The van der Waals surface area contributed by atoms with Gasteiger partial charge in [-0.1, -0.05) is 158 Å². The highest BCUT2D eigenvalue weighted by atomic mass is 32.1. The van der Waals surface area contributed by atoms with Crippen molar-refractivity contribution in [3.05, 3.63) is 231 Å². The van der Waals surface area contributed by atoms with Crippen LogP contribution in [0.15, 0.2) is 231 Å². The van der Waals surface area contributed by atoms with Crippen molar-refractivity contribution in [3.8, 4) is 21.1 Å². The topological polar surface area (TPSA) is 32.3 Å². The molecule has 0 aliphatic carbocycles. The highest BCUT2D eigenvalue weighted by molar-refractivity contribution is 7.22. The van der Waals surface area contributed by atoms with Gasteiger partial charge in [-0.2, -0.15) is 0 Å². The van der Waals surface area contributed by atoms with Crippen LogP contribution in [0.4, 0.5) is 34.1 Å². The first kappa shape index (κ1) is 38.3. The first-order chi connectivity index (χ1) is 32.7. The van der Waals surface area contributed by atoms with Crippen LogP contribution in [-0.2, 0) is 0 Å². The van der Waals surface area contributed by atoms with Gasteiger partial charge >= 0.3 is 0 Å². The van der Waals surface area contributed by atoms with Crippen LogP contribution < -0.4 is 9.80 Å². The van der Waals surface area contributed by atoms with Crippen molar-refractivity contribution in [3.63, 3.8) is 0 Å². The van der Waals surface area contributed by atoms with Crippen LogP contribution in [0, 0.1) is 0 Å². The predicted octanol–water partition coefficient (Wildman–Crippen LogP) is 17.8. The standard InChI is InChI=1S/C60H38N4S2/c1-3-15-41(16-4-1)59-61-53-33-29-47(37-57(53)65-59)63(55-23-11-19-39-13-7-9-21-51(39)55)45-27-31-49-43(35-45)25-26-44-36-46(28-32-50(44)49)64(56-24-12-20-40-14-8-10-22-52(40)56)48-30-34-54-58(38-48)66-60(62-54)42-17-5-2-6-18-42/h1-38H. The minimum atomic E-state index is 1.00. The van der Waals surface area contributed by atoms with Gasteiger partial charge in [0.25, 0.3) is 0 Å². The first-order valence-corrected chi connectivity index (χ1v) is 23.8. The summed E-state index contributed by atoms with van der Waals surface area (Å²) in [7, 11) is 0. The molecule has 0 spiro atoms. The van der Waals surface area contributed by atoms with Gasteiger partial charge in [-0.05, 0) is 105 Å². The zero-order valence-corrected chi connectivity index (χ0v) is 37.2. The summed E-state index contributed by atoms with van der Waals surface area (Å²) in [5, 5.41) is 11.6. The fourth-order valence-electron chi connectivity index (χ4n) is 9.50. The summed E-state index contributed by atoms with van der Waals surface area (Å²) in [4.78, 5) is 14.9. The van der Waals surface area contributed by atoms with E-state index in [0.29, 0.717) is 0 Å². The van der Waals surface area contributed by atoms with Gasteiger partial charge in [0, 0.05) is 44.6 Å². The van der Waals surface area contributed by atoms with E-state index in [2.05, 4.69) is 240 Å². The Morgan fingerprint density at radius 1 is 0.288 bits per heavy atom. The molecule has 0 radical (unpaired) electrons. The Balaban J connectivity index is 0.933. The van der Waals surface area contributed by atoms with Crippen LogP contribution in [0.25, 0.3) is 84.7 Å². The second-order valence-electron chi connectivity index (χ2n) is 16.6. The van der Waals surface area contributed by atoms with Crippen molar-refractivity contribution < 1.29 is 0 Å². The number of hydrogen-bond donors (Lipinski definition) is 0. The number of hydrogen-bond acceptors (Lipinski definition) is 6. The number of fused-ring (bicyclic) bond motifs is 7. The van der Waals surface area contributed by atoms with E-state index in [1.807, 2.05) is 0 Å². The van der Waals surface area contributed by atoms with Crippen LogP contribution in [-0.4, -0.2) is 9.97 Å². The molecular weight excluding hydrogens is 841 g/mol. The Bertz CT molecular complexity index is 3700. The van der Waals surface area contributed by atoms with E-state index < -0.39 is 0 Å². The van der Waals surface area contributed by atoms with Crippen LogP contribution in [0.5, 0.6) is 0 Å². The first-order valence-electron chi connectivity index (χ1n) is 22.1. The molecule has 6 heteroatoms. The maximum atomic E-state index is 5.03. The minimum Gasteiger partial charge on any atom is -0.310 e. The molecule has 66 heavy (non-hydrogen) atoms. The Kier molecular flexibility index (Phi) is 9.18. The predicted molar refractivity (Wildman–Crippen MR) is 283 cm³/mol. The highest BCUT2D eigenvalue weighted by Crippen LogP contribution is 2.45. The second-order valence-corrected chi connectivity index (χ2v) is 18.7. The molecule has 2 aromatic heterocycles. The molecule has 4 nitrogen and oxygen atoms in total. The van der Waals surface area contributed by atoms with E-state index in [4.69, 9.17) is 9.97 Å². The average molecular weight is 879 g/mol. The fourth-order valence-corrected chi connectivity index (χ4v) is 11.5. The molecule has 0 fully saturated rings. The SMILES string of the molecule is c1ccc(-c2nc3ccc(N(c4ccc5c(ccc6cc(N(c7ccc8nc(-c9ccccc9)sc8c7)c7cccc8ccccc78)ccc65)c4)c4cccc5ccccc45)cc3s2)cc1. The molecule has 0 bridgehead atoms. The molecule has 0 aliphatic rings. The van der Waals surface area contributed by atoms with E-state index >= 15 is 0 Å². The maximum Gasteiger partial charge on any atom is 0.124 e. The molecule has 0 saturated heterocycles. The molecule has 0 unspecified atom stereocenters. The third-order valence-electron chi connectivity index (χ3n) is 12.6. The quantitative estimate of drug-likeness (QED) is 0.142. The molecule has 2 heterocycles. The third kappa shape index (κ3) is 6.66. The zero-order chi connectivity index (χ0) is 43.6. The Hall–Kier alpha value is -8.16. The third-order valence-corrected chi connectivity index (χ3v) is 14.8. The van der Waals surface area contributed by atoms with E-state index in [1.54, 1.807) is 22.7 Å². The summed E-state index contributed by atoms with van der Waals surface area (Å²) in [6.07, 6.45) is 0. The maximum absolute atomic E-state index is 5.03. The largest absolute Gasteiger partial charge is 0.310 e. The van der Waals surface area contributed by atoms with Gasteiger partial charge in [-0.15, -0.1) is 22.7 Å². The van der Waals surface area contributed by atoms with E-state index in [9.17, 15) is 0 Å². The number of rotatable bonds is 8. The van der Waals surface area contributed by atoms with E-state index in [-0.39, 0.29) is 0 Å². The van der Waals surface area contributed by atoms with E-state index in [1.165, 1.54) is 43.1 Å². The van der Waals surface area contributed by atoms with Crippen molar-refractivity contribution in [1.29, 1.82) is 0 Å². The summed E-state index contributed by atoms with van der Waals surface area (Å²) >= 11 is 3.47. The van der Waals surface area contributed by atoms with Gasteiger partial charge in [0.2, 0.25) is 0 Å². The molecule has 0 atom stereocenters. The van der Waals surface area contributed by atoms with Gasteiger partial charge < -0.3 is 9.80 Å². The number of anilines is 6. The lowest BCUT2D eigenvalue weighted by Crippen LogP contribution is -2.10. The van der Waals surface area contributed by atoms with Gasteiger partial charge in [-0.3, -0.25) is 0 Å². The van der Waals surface area contributed by atoms with Gasteiger partial charge in [-0.25, -0.2) is 9.97 Å². The normalized spacial score (nSPS) is 11.6. The lowest BCUT2D eigenvalue weighted by molar-refractivity contribution is 1.31. The van der Waals surface area contributed by atoms with Gasteiger partial charge in [0.05, 0.1) is 31.8 Å². The fraction of sp³-hybridized carbons (Fsp3) is 0.